The molecule has 0 fully saturated rings. The van der Waals surface area contributed by atoms with E-state index >= 15 is 0 Å². The fourth-order valence-electron chi connectivity index (χ4n) is 10.2. The molecule has 12 rings (SSSR count). The van der Waals surface area contributed by atoms with E-state index in [2.05, 4.69) is 199 Å². The summed E-state index contributed by atoms with van der Waals surface area (Å²) < 4.78 is 0. The van der Waals surface area contributed by atoms with Crippen LogP contribution in [-0.4, -0.2) is 23.3 Å². The summed E-state index contributed by atoms with van der Waals surface area (Å²) in [5.74, 6) is 0. The van der Waals surface area contributed by atoms with E-state index < -0.39 is 0 Å². The molecule has 2 aliphatic rings. The molecule has 0 atom stereocenters. The third kappa shape index (κ3) is 9.91. The van der Waals surface area contributed by atoms with E-state index in [1.54, 1.807) is 0 Å². The van der Waals surface area contributed by atoms with Crippen molar-refractivity contribution in [2.24, 2.45) is 0 Å². The van der Waals surface area contributed by atoms with Crippen LogP contribution in [0.4, 0.5) is 34.1 Å². The Kier molecular flexibility index (Phi) is 15.5. The van der Waals surface area contributed by atoms with Gasteiger partial charge in [0.15, 0.2) is 0 Å². The zero-order chi connectivity index (χ0) is 45.8. The van der Waals surface area contributed by atoms with Crippen molar-refractivity contribution in [2.45, 2.75) is 65.2 Å². The van der Waals surface area contributed by atoms with Gasteiger partial charge in [-0.05, 0) is 73.2 Å². The summed E-state index contributed by atoms with van der Waals surface area (Å²) >= 11 is 0. The van der Waals surface area contributed by atoms with Gasteiger partial charge in [0.05, 0.1) is 0 Å². The van der Waals surface area contributed by atoms with Crippen LogP contribution in [0.25, 0.3) is 43.1 Å². The second-order valence-corrected chi connectivity index (χ2v) is 18.0. The number of anilines is 6. The Morgan fingerprint density at radius 3 is 1.09 bits per heavy atom. The molecule has 10 aromatic rings. The average Bonchev–Trinajstić information content (AvgIpc) is 4.20. The minimum absolute atomic E-state index is 0. The van der Waals surface area contributed by atoms with Gasteiger partial charge in [-0.3, -0.25) is 0 Å². The van der Waals surface area contributed by atoms with Gasteiger partial charge in [0.25, 0.3) is 0 Å². The van der Waals surface area contributed by atoms with E-state index in [9.17, 15) is 0 Å². The molecule has 10 heteroatoms. The first-order valence-electron chi connectivity index (χ1n) is 24.1. The summed E-state index contributed by atoms with van der Waals surface area (Å²) in [6.07, 6.45) is 8.83. The Labute approximate surface area is 440 Å². The number of fused-ring (bicyclic) bond motifs is 12. The third-order valence-corrected chi connectivity index (χ3v) is 13.3. The minimum Gasteiger partial charge on any atom is -0.579 e. The van der Waals surface area contributed by atoms with Crippen molar-refractivity contribution in [3.05, 3.63) is 206 Å². The number of nitrogens with zero attached hydrogens (tertiary/aromatic N) is 8. The molecular formula is C60H54N8Pt2-6. The van der Waals surface area contributed by atoms with Crippen molar-refractivity contribution in [1.29, 1.82) is 0 Å². The maximum absolute atomic E-state index is 4.25. The van der Waals surface area contributed by atoms with Crippen LogP contribution in [0.15, 0.2) is 158 Å². The van der Waals surface area contributed by atoms with Crippen molar-refractivity contribution in [2.75, 3.05) is 32.7 Å². The molecule has 2 aliphatic heterocycles. The fraction of sp³-hybridized carbons (Fsp3) is 0.200. The molecular weight excluding hydrogens is 1220 g/mol. The van der Waals surface area contributed by atoms with Gasteiger partial charge in [0.1, 0.15) is 0 Å². The van der Waals surface area contributed by atoms with Gasteiger partial charge in [-0.15, -0.1) is 22.8 Å². The summed E-state index contributed by atoms with van der Waals surface area (Å²) in [5, 5.41) is 27.1. The first-order chi connectivity index (χ1) is 33.6. The second-order valence-electron chi connectivity index (χ2n) is 18.0. The first-order valence-corrected chi connectivity index (χ1v) is 24.1. The molecule has 0 radical (unpaired) electrons. The van der Waals surface area contributed by atoms with Gasteiger partial charge in [0, 0.05) is 97.8 Å². The van der Waals surface area contributed by atoms with Crippen LogP contribution < -0.4 is 29.8 Å². The molecule has 0 saturated heterocycles. The summed E-state index contributed by atoms with van der Waals surface area (Å²) in [6, 6.07) is 62.6. The zero-order valence-electron chi connectivity index (χ0n) is 39.4. The topological polar surface area (TPSA) is 66.9 Å². The maximum atomic E-state index is 4.25. The number of aryl methyl sites for hydroxylation is 4. The van der Waals surface area contributed by atoms with Crippen LogP contribution >= 0.6 is 0 Å². The van der Waals surface area contributed by atoms with Crippen LogP contribution in [0.1, 0.15) is 61.3 Å². The van der Waals surface area contributed by atoms with Gasteiger partial charge in [-0.2, -0.15) is 74.0 Å². The molecule has 0 saturated carbocycles. The quantitative estimate of drug-likeness (QED) is 0.0606. The van der Waals surface area contributed by atoms with Crippen LogP contribution in [-0.2, 0) is 55.0 Å². The van der Waals surface area contributed by atoms with Gasteiger partial charge in [-0.1, -0.05) is 136 Å². The monoisotopic (exact) mass is 1280 g/mol. The Bertz CT molecular complexity index is 3110. The molecule has 0 bridgehead atoms. The summed E-state index contributed by atoms with van der Waals surface area (Å²) in [5.41, 5.74) is 11.5. The van der Waals surface area contributed by atoms with Gasteiger partial charge in [0.2, 0.25) is 0 Å². The standard InChI is InChI=1S/2C30H27N4.2Pt/c2*1-22-20-23(32-31-22)12-4-3-11-19-33-21-34(24-13-5-2-6-14-24)30-28-18-10-8-16-26(28)25-15-7-9-17-27(25)29(30)33;;/h2*2,5-10,13,15-18,20-21H,3-4,11-12,19H2,1H3;;/q2*-3;;. The number of hydrogen-bond donors (Lipinski definition) is 0. The Hall–Kier alpha value is -6.20. The molecule has 0 spiro atoms. The van der Waals surface area contributed by atoms with Crippen LogP contribution in [0.3, 0.4) is 0 Å². The number of aromatic nitrogens is 4. The molecule has 0 aliphatic carbocycles. The summed E-state index contributed by atoms with van der Waals surface area (Å²) in [7, 11) is 0. The van der Waals surface area contributed by atoms with Gasteiger partial charge < -0.3 is 40.0 Å². The predicted molar refractivity (Wildman–Crippen MR) is 281 cm³/mol. The van der Waals surface area contributed by atoms with Crippen LogP contribution in [0, 0.1) is 39.3 Å². The number of rotatable bonds is 14. The Morgan fingerprint density at radius 2 is 0.757 bits per heavy atom. The third-order valence-electron chi connectivity index (χ3n) is 13.3. The predicted octanol–water partition coefficient (Wildman–Crippen LogP) is 13.9. The van der Waals surface area contributed by atoms with Crippen LogP contribution in [0.5, 0.6) is 0 Å². The SMILES string of the molecule is Cc1cc(CCCCCN2[CH-]N(c3[c-]cccc3)c3c2c2ccccc2c2ccccc32)n[n-]1.Cc1cc(CCCCCN2[CH-]N(c3[c-]cccc3)c3c2c2ccccc2c2ccccc32)n[n-]1.[Pt].[Pt]. The van der Waals surface area contributed by atoms with E-state index in [-0.39, 0.29) is 42.1 Å². The van der Waals surface area contributed by atoms with Crippen molar-refractivity contribution in [3.8, 4) is 0 Å². The van der Waals surface area contributed by atoms with E-state index in [0.717, 1.165) is 98.6 Å². The number of para-hydroxylation sites is 2. The Balaban J connectivity index is 0.000000169. The van der Waals surface area contributed by atoms with Crippen molar-refractivity contribution < 1.29 is 42.1 Å². The number of unbranched alkanes of at least 4 members (excludes halogenated alkanes) is 4. The normalized spacial score (nSPS) is 12.8. The van der Waals surface area contributed by atoms with Crippen molar-refractivity contribution >= 4 is 77.2 Å². The van der Waals surface area contributed by atoms with Gasteiger partial charge in [-0.25, -0.2) is 0 Å². The maximum Gasteiger partial charge on any atom is 0.0412 e. The first kappa shape index (κ1) is 48.8. The molecule has 360 valence electrons. The zero-order valence-corrected chi connectivity index (χ0v) is 44.0. The summed E-state index contributed by atoms with van der Waals surface area (Å²) in [6.45, 7) is 10.5. The number of hydrogen-bond acceptors (Lipinski definition) is 6. The number of benzene rings is 8. The van der Waals surface area contributed by atoms with Gasteiger partial charge >= 0.3 is 0 Å². The summed E-state index contributed by atoms with van der Waals surface area (Å²) in [4.78, 5) is 9.51. The minimum atomic E-state index is 0. The smallest absolute Gasteiger partial charge is 0.0412 e. The second kappa shape index (κ2) is 22.3. The molecule has 2 aromatic heterocycles. The molecule has 8 aromatic carbocycles. The Morgan fingerprint density at radius 1 is 0.414 bits per heavy atom. The molecule has 70 heavy (non-hydrogen) atoms. The molecule has 0 amide bonds. The van der Waals surface area contributed by atoms with Crippen molar-refractivity contribution in [1.82, 2.24) is 20.4 Å². The molecule has 8 nitrogen and oxygen atoms in total. The molecule has 4 heterocycles. The fourth-order valence-corrected chi connectivity index (χ4v) is 10.2. The molecule has 0 N–H and O–H groups in total. The van der Waals surface area contributed by atoms with Crippen molar-refractivity contribution in [3.63, 3.8) is 0 Å². The van der Waals surface area contributed by atoms with E-state index in [4.69, 9.17) is 0 Å². The van der Waals surface area contributed by atoms with E-state index in [1.165, 1.54) is 65.8 Å². The van der Waals surface area contributed by atoms with E-state index in [1.807, 2.05) is 38.1 Å². The van der Waals surface area contributed by atoms with E-state index in [0.29, 0.717) is 0 Å². The molecule has 0 unspecified atom stereocenters. The largest absolute Gasteiger partial charge is 0.579 e. The average molecular weight is 1280 g/mol. The van der Waals surface area contributed by atoms with Crippen LogP contribution in [0.2, 0.25) is 0 Å².